The molecular formula is C9H14ClF3N6O. The molecule has 20 heavy (non-hydrogen) atoms. The van der Waals surface area contributed by atoms with E-state index in [0.29, 0.717) is 0 Å². The van der Waals surface area contributed by atoms with Crippen LogP contribution < -0.4 is 11.1 Å². The first-order chi connectivity index (χ1) is 9.20. The quantitative estimate of drug-likeness (QED) is 0.697. The van der Waals surface area contributed by atoms with Crippen LogP contribution in [0.2, 0.25) is 5.15 Å². The van der Waals surface area contributed by atoms with Gasteiger partial charge in [-0.1, -0.05) is 11.6 Å². The minimum Gasteiger partial charge on any atom is -0.382 e. The number of aliphatic hydroxyl groups is 1. The first-order valence-electron chi connectivity index (χ1n) is 5.53. The molecule has 0 amide bonds. The fraction of sp³-hybridized carbons (Fsp3) is 0.667. The molecule has 0 aliphatic carbocycles. The van der Waals surface area contributed by atoms with Gasteiger partial charge in [-0.3, -0.25) is 0 Å². The first kappa shape index (κ1) is 16.7. The highest BCUT2D eigenvalue weighted by molar-refractivity contribution is 6.31. The van der Waals surface area contributed by atoms with E-state index in [9.17, 15) is 13.2 Å². The van der Waals surface area contributed by atoms with Crippen molar-refractivity contribution in [3.63, 3.8) is 0 Å². The van der Waals surface area contributed by atoms with E-state index in [0.717, 1.165) is 0 Å². The third-order valence-electron chi connectivity index (χ3n) is 2.31. The third kappa shape index (κ3) is 5.31. The van der Waals surface area contributed by atoms with Gasteiger partial charge in [-0.15, -0.1) is 10.2 Å². The normalized spacial score (nSPS) is 13.6. The van der Waals surface area contributed by atoms with E-state index in [1.165, 1.54) is 11.9 Å². The zero-order valence-corrected chi connectivity index (χ0v) is 11.3. The second-order valence-electron chi connectivity index (χ2n) is 4.06. The van der Waals surface area contributed by atoms with Crippen LogP contribution in [0.1, 0.15) is 0 Å². The van der Waals surface area contributed by atoms with Gasteiger partial charge in [-0.25, -0.2) is 0 Å². The standard InChI is InChI=1S/C9H14ClF3N6O/c1-19(4-5(20)9(11,12)13)3-2-15-8-16-7(14)6(10)17-18-8/h5,20H,2-4H2,1H3,(H3,14,15,16,18)/t5-/m0/s1. The lowest BCUT2D eigenvalue weighted by atomic mass is 10.3. The van der Waals surface area contributed by atoms with Crippen LogP contribution in [-0.4, -0.2) is 64.1 Å². The minimum atomic E-state index is -4.63. The van der Waals surface area contributed by atoms with Crippen LogP contribution in [0.4, 0.5) is 24.9 Å². The summed E-state index contributed by atoms with van der Waals surface area (Å²) in [6.45, 7) is -0.0318. The number of anilines is 2. The van der Waals surface area contributed by atoms with Crippen LogP contribution >= 0.6 is 11.6 Å². The molecule has 0 saturated carbocycles. The molecule has 4 N–H and O–H groups in total. The number of rotatable bonds is 6. The van der Waals surface area contributed by atoms with Crippen molar-refractivity contribution in [3.8, 4) is 0 Å². The molecule has 0 saturated heterocycles. The Bertz CT molecular complexity index is 446. The predicted molar refractivity (Wildman–Crippen MR) is 67.3 cm³/mol. The molecule has 1 aromatic rings. The fourth-order valence-corrected chi connectivity index (χ4v) is 1.33. The van der Waals surface area contributed by atoms with Crippen LogP contribution in [0.5, 0.6) is 0 Å². The van der Waals surface area contributed by atoms with Crippen molar-refractivity contribution in [1.29, 1.82) is 0 Å². The number of nitrogens with zero attached hydrogens (tertiary/aromatic N) is 4. The van der Waals surface area contributed by atoms with Gasteiger partial charge in [0, 0.05) is 19.6 Å². The summed E-state index contributed by atoms with van der Waals surface area (Å²) in [7, 11) is 1.45. The third-order valence-corrected chi connectivity index (χ3v) is 2.58. The molecule has 11 heteroatoms. The van der Waals surface area contributed by atoms with Crippen molar-refractivity contribution in [3.05, 3.63) is 5.15 Å². The number of nitrogens with two attached hydrogens (primary N) is 1. The molecule has 114 valence electrons. The van der Waals surface area contributed by atoms with Crippen molar-refractivity contribution in [2.75, 3.05) is 37.7 Å². The highest BCUT2D eigenvalue weighted by Crippen LogP contribution is 2.20. The van der Waals surface area contributed by atoms with Crippen molar-refractivity contribution in [2.24, 2.45) is 0 Å². The van der Waals surface area contributed by atoms with E-state index in [1.807, 2.05) is 0 Å². The summed E-state index contributed by atoms with van der Waals surface area (Å²) < 4.78 is 36.4. The molecule has 0 aromatic carbocycles. The Morgan fingerprint density at radius 1 is 1.45 bits per heavy atom. The highest BCUT2D eigenvalue weighted by atomic mass is 35.5. The number of halogens is 4. The van der Waals surface area contributed by atoms with Gasteiger partial charge in [0.25, 0.3) is 0 Å². The Kier molecular flexibility index (Phi) is 5.72. The molecule has 1 rings (SSSR count). The zero-order valence-electron chi connectivity index (χ0n) is 10.5. The molecule has 0 aliphatic heterocycles. The maximum absolute atomic E-state index is 12.1. The summed E-state index contributed by atoms with van der Waals surface area (Å²) in [6.07, 6.45) is -7.00. The maximum atomic E-state index is 12.1. The molecular weight excluding hydrogens is 301 g/mol. The fourth-order valence-electron chi connectivity index (χ4n) is 1.25. The monoisotopic (exact) mass is 314 g/mol. The van der Waals surface area contributed by atoms with Gasteiger partial charge in [-0.2, -0.15) is 18.2 Å². The first-order valence-corrected chi connectivity index (χ1v) is 5.91. The van der Waals surface area contributed by atoms with Crippen LogP contribution in [0.25, 0.3) is 0 Å². The number of aliphatic hydroxyl groups excluding tert-OH is 1. The number of aromatic nitrogens is 3. The second kappa shape index (κ2) is 6.86. The van der Waals surface area contributed by atoms with Crippen molar-refractivity contribution >= 4 is 23.4 Å². The topological polar surface area (TPSA) is 100 Å². The van der Waals surface area contributed by atoms with Crippen LogP contribution in [-0.2, 0) is 0 Å². The Balaban J connectivity index is 2.35. The lowest BCUT2D eigenvalue weighted by Gasteiger charge is -2.22. The molecule has 0 radical (unpaired) electrons. The number of nitrogens with one attached hydrogen (secondary N) is 1. The summed E-state index contributed by atoms with van der Waals surface area (Å²) >= 11 is 5.53. The molecule has 0 bridgehead atoms. The molecule has 1 atom stereocenters. The molecule has 0 aliphatic rings. The van der Waals surface area contributed by atoms with Crippen molar-refractivity contribution in [2.45, 2.75) is 12.3 Å². The van der Waals surface area contributed by atoms with Gasteiger partial charge in [0.05, 0.1) is 0 Å². The predicted octanol–water partition coefficient (Wildman–Crippen LogP) is 0.374. The summed E-state index contributed by atoms with van der Waals surface area (Å²) in [4.78, 5) is 5.10. The van der Waals surface area contributed by atoms with Gasteiger partial charge >= 0.3 is 6.18 Å². The number of likely N-dealkylation sites (N-methyl/N-ethyl adjacent to an activating group) is 1. The van der Waals surface area contributed by atoms with E-state index in [2.05, 4.69) is 20.5 Å². The summed E-state index contributed by atoms with van der Waals surface area (Å²) in [5.74, 6) is 0.127. The Labute approximate surface area is 117 Å². The smallest absolute Gasteiger partial charge is 0.382 e. The number of nitrogen functional groups attached to an aromatic ring is 1. The molecule has 7 nitrogen and oxygen atoms in total. The Morgan fingerprint density at radius 3 is 2.65 bits per heavy atom. The summed E-state index contributed by atoms with van der Waals surface area (Å²) in [5.41, 5.74) is 5.41. The van der Waals surface area contributed by atoms with Crippen LogP contribution in [0, 0.1) is 0 Å². The zero-order chi connectivity index (χ0) is 15.3. The second-order valence-corrected chi connectivity index (χ2v) is 4.42. The largest absolute Gasteiger partial charge is 0.415 e. The number of alkyl halides is 3. The van der Waals surface area contributed by atoms with Gasteiger partial charge in [0.2, 0.25) is 5.95 Å². The number of hydrogen-bond donors (Lipinski definition) is 3. The van der Waals surface area contributed by atoms with E-state index in [1.54, 1.807) is 0 Å². The average Bonchev–Trinajstić information content (AvgIpc) is 2.32. The number of hydrogen-bond acceptors (Lipinski definition) is 7. The lowest BCUT2D eigenvalue weighted by Crippen LogP contribution is -2.40. The van der Waals surface area contributed by atoms with Crippen molar-refractivity contribution < 1.29 is 18.3 Å². The summed E-state index contributed by atoms with van der Waals surface area (Å²) in [5, 5.41) is 18.7. The van der Waals surface area contributed by atoms with Gasteiger partial charge < -0.3 is 21.1 Å². The van der Waals surface area contributed by atoms with E-state index in [-0.39, 0.29) is 30.0 Å². The van der Waals surface area contributed by atoms with Crippen LogP contribution in [0.3, 0.4) is 0 Å². The van der Waals surface area contributed by atoms with Crippen molar-refractivity contribution in [1.82, 2.24) is 20.1 Å². The molecule has 1 heterocycles. The molecule has 0 spiro atoms. The minimum absolute atomic E-state index is 0.00464. The molecule has 0 fully saturated rings. The Hall–Kier alpha value is -1.39. The van der Waals surface area contributed by atoms with E-state index in [4.69, 9.17) is 22.4 Å². The lowest BCUT2D eigenvalue weighted by molar-refractivity contribution is -0.207. The van der Waals surface area contributed by atoms with Gasteiger partial charge in [-0.05, 0) is 7.05 Å². The SMILES string of the molecule is CN(CCNc1nnc(Cl)c(N)n1)C[C@H](O)C(F)(F)F. The molecule has 1 aromatic heterocycles. The van der Waals surface area contributed by atoms with Gasteiger partial charge in [0.1, 0.15) is 0 Å². The molecule has 0 unspecified atom stereocenters. The van der Waals surface area contributed by atoms with Crippen LogP contribution in [0.15, 0.2) is 0 Å². The average molecular weight is 315 g/mol. The maximum Gasteiger partial charge on any atom is 0.415 e. The van der Waals surface area contributed by atoms with Gasteiger partial charge in [0.15, 0.2) is 17.1 Å². The van der Waals surface area contributed by atoms with E-state index >= 15 is 0 Å². The Morgan fingerprint density at radius 2 is 2.10 bits per heavy atom. The highest BCUT2D eigenvalue weighted by Gasteiger charge is 2.38. The van der Waals surface area contributed by atoms with E-state index < -0.39 is 18.8 Å². The summed E-state index contributed by atoms with van der Waals surface area (Å²) in [6, 6.07) is 0.